The number of primary amides is 1. The minimum absolute atomic E-state index is 0.0416. The second kappa shape index (κ2) is 6.35. The first kappa shape index (κ1) is 16.6. The number of carbonyl (C=O) groups is 2. The first-order valence-corrected chi connectivity index (χ1v) is 8.74. The number of aromatic nitrogens is 2. The molecule has 128 valence electrons. The fraction of sp³-hybridized carbons (Fsp3) is 0.500. The molecule has 1 atom stereocenters. The van der Waals surface area contributed by atoms with Gasteiger partial charge in [-0.25, -0.2) is 4.98 Å². The molecule has 8 heteroatoms. The molecule has 24 heavy (non-hydrogen) atoms. The number of rotatable bonds is 4. The molecule has 1 fully saturated rings. The van der Waals surface area contributed by atoms with Gasteiger partial charge in [0.05, 0.1) is 11.3 Å². The van der Waals surface area contributed by atoms with Gasteiger partial charge in [0.2, 0.25) is 11.8 Å². The number of aryl methyl sites for hydroxylation is 3. The molecule has 3 heterocycles. The molecule has 2 amide bonds. The summed E-state index contributed by atoms with van der Waals surface area (Å²) >= 11 is 1.49. The fourth-order valence-electron chi connectivity index (χ4n) is 3.02. The molecule has 7 nitrogen and oxygen atoms in total. The lowest BCUT2D eigenvalue weighted by atomic mass is 10.1. The van der Waals surface area contributed by atoms with Gasteiger partial charge in [0.15, 0.2) is 0 Å². The average Bonchev–Trinajstić information content (AvgIpc) is 3.11. The Morgan fingerprint density at radius 3 is 2.83 bits per heavy atom. The van der Waals surface area contributed by atoms with E-state index >= 15 is 0 Å². The van der Waals surface area contributed by atoms with Crippen LogP contribution in [-0.2, 0) is 16.0 Å². The van der Waals surface area contributed by atoms with E-state index in [0.29, 0.717) is 42.0 Å². The number of H-pyrrole nitrogens is 1. The summed E-state index contributed by atoms with van der Waals surface area (Å²) in [4.78, 5) is 46.3. The number of fused-ring (bicyclic) bond motifs is 1. The van der Waals surface area contributed by atoms with Crippen molar-refractivity contribution in [3.8, 4) is 0 Å². The number of nitrogens with one attached hydrogen (secondary N) is 1. The number of hydrogen-bond acceptors (Lipinski definition) is 5. The standard InChI is InChI=1S/C16H20N4O3S/c1-8-9(2)24-16-13(8)15(23)18-11(19-16)3-4-12(21)20-6-5-10(7-20)14(17)22/h10H,3-7H2,1-2H3,(H2,17,22)(H,18,19,23)/t10-/m0/s1. The third kappa shape index (κ3) is 3.06. The summed E-state index contributed by atoms with van der Waals surface area (Å²) in [6.07, 6.45) is 1.25. The summed E-state index contributed by atoms with van der Waals surface area (Å²) in [6.45, 7) is 4.82. The minimum atomic E-state index is -0.356. The topological polar surface area (TPSA) is 109 Å². The molecule has 0 aliphatic carbocycles. The normalized spacial score (nSPS) is 17.6. The van der Waals surface area contributed by atoms with Gasteiger partial charge >= 0.3 is 0 Å². The molecule has 0 saturated carbocycles. The lowest BCUT2D eigenvalue weighted by Crippen LogP contribution is -2.32. The SMILES string of the molecule is Cc1sc2nc(CCC(=O)N3CC[C@H](C(N)=O)C3)[nH]c(=O)c2c1C. The van der Waals surface area contributed by atoms with Crippen molar-refractivity contribution in [1.29, 1.82) is 0 Å². The molecule has 0 unspecified atom stereocenters. The van der Waals surface area contributed by atoms with Gasteiger partial charge in [0.1, 0.15) is 10.7 Å². The van der Waals surface area contributed by atoms with Crippen molar-refractivity contribution in [1.82, 2.24) is 14.9 Å². The Balaban J connectivity index is 1.69. The number of likely N-dealkylation sites (tertiary alicyclic amines) is 1. The molecule has 0 spiro atoms. The van der Waals surface area contributed by atoms with Gasteiger partial charge in [-0.15, -0.1) is 11.3 Å². The number of aromatic amines is 1. The zero-order valence-corrected chi connectivity index (χ0v) is 14.5. The fourth-order valence-corrected chi connectivity index (χ4v) is 4.07. The lowest BCUT2D eigenvalue weighted by Gasteiger charge is -2.15. The van der Waals surface area contributed by atoms with Crippen molar-refractivity contribution in [3.63, 3.8) is 0 Å². The van der Waals surface area contributed by atoms with Crippen LogP contribution in [-0.4, -0.2) is 39.8 Å². The molecule has 2 aromatic rings. The maximum atomic E-state index is 12.3. The monoisotopic (exact) mass is 348 g/mol. The summed E-state index contributed by atoms with van der Waals surface area (Å²) in [5.41, 5.74) is 6.09. The van der Waals surface area contributed by atoms with E-state index in [4.69, 9.17) is 5.73 Å². The van der Waals surface area contributed by atoms with Crippen LogP contribution in [0.15, 0.2) is 4.79 Å². The Kier molecular flexibility index (Phi) is 4.40. The van der Waals surface area contributed by atoms with Crippen LogP contribution >= 0.6 is 11.3 Å². The van der Waals surface area contributed by atoms with Crippen molar-refractivity contribution in [2.75, 3.05) is 13.1 Å². The highest BCUT2D eigenvalue weighted by Crippen LogP contribution is 2.25. The van der Waals surface area contributed by atoms with Gasteiger partial charge in [0, 0.05) is 30.8 Å². The first-order chi connectivity index (χ1) is 11.4. The highest BCUT2D eigenvalue weighted by molar-refractivity contribution is 7.18. The summed E-state index contributed by atoms with van der Waals surface area (Å²) in [5, 5.41) is 0.636. The Hall–Kier alpha value is -2.22. The molecule has 0 aromatic carbocycles. The lowest BCUT2D eigenvalue weighted by molar-refractivity contribution is -0.130. The highest BCUT2D eigenvalue weighted by Gasteiger charge is 2.29. The number of thiophene rings is 1. The Morgan fingerprint density at radius 1 is 1.42 bits per heavy atom. The zero-order valence-electron chi connectivity index (χ0n) is 13.7. The molecular formula is C16H20N4O3S. The van der Waals surface area contributed by atoms with Gasteiger partial charge in [-0.3, -0.25) is 14.4 Å². The second-order valence-electron chi connectivity index (χ2n) is 6.20. The van der Waals surface area contributed by atoms with Crippen LogP contribution in [0.2, 0.25) is 0 Å². The van der Waals surface area contributed by atoms with E-state index in [1.165, 1.54) is 11.3 Å². The van der Waals surface area contributed by atoms with Crippen molar-refractivity contribution in [2.45, 2.75) is 33.1 Å². The van der Waals surface area contributed by atoms with E-state index in [9.17, 15) is 14.4 Å². The van der Waals surface area contributed by atoms with Crippen LogP contribution < -0.4 is 11.3 Å². The van der Waals surface area contributed by atoms with Crippen LogP contribution in [0.25, 0.3) is 10.2 Å². The van der Waals surface area contributed by atoms with Crippen molar-refractivity contribution in [2.24, 2.45) is 11.7 Å². The Morgan fingerprint density at radius 2 is 2.17 bits per heavy atom. The van der Waals surface area contributed by atoms with Crippen molar-refractivity contribution < 1.29 is 9.59 Å². The minimum Gasteiger partial charge on any atom is -0.369 e. The molecule has 3 rings (SSSR count). The molecule has 1 saturated heterocycles. The summed E-state index contributed by atoms with van der Waals surface area (Å²) in [7, 11) is 0. The third-order valence-electron chi connectivity index (χ3n) is 4.61. The van der Waals surface area contributed by atoms with Crippen LogP contribution in [0.5, 0.6) is 0 Å². The van der Waals surface area contributed by atoms with Gasteiger partial charge < -0.3 is 15.6 Å². The van der Waals surface area contributed by atoms with E-state index in [1.807, 2.05) is 13.8 Å². The highest BCUT2D eigenvalue weighted by atomic mass is 32.1. The molecule has 3 N–H and O–H groups in total. The largest absolute Gasteiger partial charge is 0.369 e. The number of nitrogens with zero attached hydrogens (tertiary/aromatic N) is 2. The number of nitrogens with two attached hydrogens (primary N) is 1. The molecular weight excluding hydrogens is 328 g/mol. The van der Waals surface area contributed by atoms with Gasteiger partial charge in [-0.2, -0.15) is 0 Å². The Labute approximate surface area is 142 Å². The van der Waals surface area contributed by atoms with Crippen LogP contribution in [0.1, 0.15) is 29.1 Å². The first-order valence-electron chi connectivity index (χ1n) is 7.92. The summed E-state index contributed by atoms with van der Waals surface area (Å²) in [6, 6.07) is 0. The maximum absolute atomic E-state index is 12.3. The predicted molar refractivity (Wildman–Crippen MR) is 91.9 cm³/mol. The number of hydrogen-bond donors (Lipinski definition) is 2. The number of amides is 2. The van der Waals surface area contributed by atoms with Crippen LogP contribution in [0.4, 0.5) is 0 Å². The molecule has 0 bridgehead atoms. The zero-order chi connectivity index (χ0) is 17.4. The van der Waals surface area contributed by atoms with Crippen molar-refractivity contribution in [3.05, 3.63) is 26.6 Å². The van der Waals surface area contributed by atoms with E-state index in [2.05, 4.69) is 9.97 Å². The molecule has 1 aliphatic heterocycles. The van der Waals surface area contributed by atoms with E-state index in [0.717, 1.165) is 10.4 Å². The summed E-state index contributed by atoms with van der Waals surface area (Å²) < 4.78 is 0. The molecule has 2 aromatic heterocycles. The van der Waals surface area contributed by atoms with E-state index in [-0.39, 0.29) is 29.7 Å². The van der Waals surface area contributed by atoms with Gasteiger partial charge in [-0.05, 0) is 25.8 Å². The van der Waals surface area contributed by atoms with Crippen LogP contribution in [0, 0.1) is 19.8 Å². The average molecular weight is 348 g/mol. The van der Waals surface area contributed by atoms with Gasteiger partial charge in [0.25, 0.3) is 5.56 Å². The quantitative estimate of drug-likeness (QED) is 0.854. The smallest absolute Gasteiger partial charge is 0.259 e. The molecule has 1 aliphatic rings. The van der Waals surface area contributed by atoms with Crippen LogP contribution in [0.3, 0.4) is 0 Å². The van der Waals surface area contributed by atoms with Gasteiger partial charge in [-0.1, -0.05) is 0 Å². The number of carbonyl (C=O) groups excluding carboxylic acids is 2. The predicted octanol–water partition coefficient (Wildman–Crippen LogP) is 0.868. The van der Waals surface area contributed by atoms with E-state index < -0.39 is 0 Å². The maximum Gasteiger partial charge on any atom is 0.259 e. The van der Waals surface area contributed by atoms with E-state index in [1.54, 1.807) is 4.90 Å². The third-order valence-corrected chi connectivity index (χ3v) is 5.71. The summed E-state index contributed by atoms with van der Waals surface area (Å²) in [5.74, 6) is -0.127. The Bertz CT molecular complexity index is 870. The molecule has 0 radical (unpaired) electrons. The second-order valence-corrected chi connectivity index (χ2v) is 7.41. The van der Waals surface area contributed by atoms with Crippen molar-refractivity contribution >= 4 is 33.4 Å².